The SMILES string of the molecule is CCOC(=O)C(NCc1cccs1)c1ccc(C)c(F)c1. The predicted octanol–water partition coefficient (Wildman–Crippen LogP) is 3.59. The van der Waals surface area contributed by atoms with Crippen LogP contribution in [0.3, 0.4) is 0 Å². The van der Waals surface area contributed by atoms with E-state index < -0.39 is 12.0 Å². The maximum atomic E-state index is 13.7. The molecule has 3 nitrogen and oxygen atoms in total. The number of carbonyl (C=O) groups excluding carboxylic acids is 1. The van der Waals surface area contributed by atoms with Crippen LogP contribution < -0.4 is 5.32 Å². The number of thiophene rings is 1. The number of aryl methyl sites for hydroxylation is 1. The molecular formula is C16H18FNO2S. The Hall–Kier alpha value is -1.72. The summed E-state index contributed by atoms with van der Waals surface area (Å²) in [4.78, 5) is 13.2. The first-order valence-electron chi connectivity index (χ1n) is 6.80. The van der Waals surface area contributed by atoms with Gasteiger partial charge >= 0.3 is 5.97 Å². The van der Waals surface area contributed by atoms with Crippen LogP contribution in [-0.2, 0) is 16.1 Å². The number of hydrogen-bond acceptors (Lipinski definition) is 4. The second kappa shape index (κ2) is 7.33. The molecule has 0 aliphatic rings. The minimum atomic E-state index is -0.665. The monoisotopic (exact) mass is 307 g/mol. The van der Waals surface area contributed by atoms with E-state index >= 15 is 0 Å². The summed E-state index contributed by atoms with van der Waals surface area (Å²) in [5, 5.41) is 5.11. The summed E-state index contributed by atoms with van der Waals surface area (Å²) in [7, 11) is 0. The summed E-state index contributed by atoms with van der Waals surface area (Å²) < 4.78 is 18.8. The molecule has 0 fully saturated rings. The number of benzene rings is 1. The van der Waals surface area contributed by atoms with E-state index in [1.54, 1.807) is 37.3 Å². The van der Waals surface area contributed by atoms with Crippen molar-refractivity contribution in [1.82, 2.24) is 5.32 Å². The standard InChI is InChI=1S/C16H18FNO2S/c1-3-20-16(19)15(18-10-13-5-4-8-21-13)12-7-6-11(2)14(17)9-12/h4-9,15,18H,3,10H2,1-2H3. The molecule has 1 aromatic heterocycles. The summed E-state index contributed by atoms with van der Waals surface area (Å²) in [6, 6.07) is 8.08. The highest BCUT2D eigenvalue weighted by Gasteiger charge is 2.22. The van der Waals surface area contributed by atoms with E-state index in [2.05, 4.69) is 5.32 Å². The molecule has 0 spiro atoms. The van der Waals surface area contributed by atoms with E-state index in [1.165, 1.54) is 6.07 Å². The number of nitrogens with one attached hydrogen (secondary N) is 1. The Morgan fingerprint density at radius 3 is 2.86 bits per heavy atom. The van der Waals surface area contributed by atoms with Crippen molar-refractivity contribution < 1.29 is 13.9 Å². The molecule has 2 aromatic rings. The van der Waals surface area contributed by atoms with Gasteiger partial charge in [0.25, 0.3) is 0 Å². The van der Waals surface area contributed by atoms with Gasteiger partial charge in [0.1, 0.15) is 11.9 Å². The van der Waals surface area contributed by atoms with Gasteiger partial charge in [-0.3, -0.25) is 5.32 Å². The molecule has 0 bridgehead atoms. The van der Waals surface area contributed by atoms with Gasteiger partial charge in [0.05, 0.1) is 6.61 Å². The van der Waals surface area contributed by atoms with Gasteiger partial charge in [-0.15, -0.1) is 11.3 Å². The number of ether oxygens (including phenoxy) is 1. The second-order valence-electron chi connectivity index (χ2n) is 4.65. The number of rotatable bonds is 6. The zero-order valence-corrected chi connectivity index (χ0v) is 12.9. The van der Waals surface area contributed by atoms with Crippen LogP contribution in [0.5, 0.6) is 0 Å². The average molecular weight is 307 g/mol. The molecule has 0 aliphatic carbocycles. The van der Waals surface area contributed by atoms with Crippen LogP contribution in [0.1, 0.15) is 29.0 Å². The summed E-state index contributed by atoms with van der Waals surface area (Å²) in [6.45, 7) is 4.28. The molecule has 21 heavy (non-hydrogen) atoms. The van der Waals surface area contributed by atoms with Gasteiger partial charge in [-0.2, -0.15) is 0 Å². The molecular weight excluding hydrogens is 289 g/mol. The Bertz CT molecular complexity index is 598. The Morgan fingerprint density at radius 1 is 1.43 bits per heavy atom. The minimum Gasteiger partial charge on any atom is -0.465 e. The largest absolute Gasteiger partial charge is 0.465 e. The Morgan fingerprint density at radius 2 is 2.24 bits per heavy atom. The molecule has 1 atom stereocenters. The van der Waals surface area contributed by atoms with Crippen LogP contribution in [0.4, 0.5) is 4.39 Å². The fourth-order valence-corrected chi connectivity index (χ4v) is 2.62. The van der Waals surface area contributed by atoms with E-state index in [4.69, 9.17) is 4.74 Å². The third-order valence-corrected chi connectivity index (χ3v) is 3.99. The first-order valence-corrected chi connectivity index (χ1v) is 7.68. The fourth-order valence-electron chi connectivity index (χ4n) is 1.97. The molecule has 0 radical (unpaired) electrons. The first-order chi connectivity index (χ1) is 10.1. The van der Waals surface area contributed by atoms with Crippen molar-refractivity contribution >= 4 is 17.3 Å². The zero-order chi connectivity index (χ0) is 15.2. The van der Waals surface area contributed by atoms with Gasteiger partial charge in [-0.05, 0) is 42.5 Å². The lowest BCUT2D eigenvalue weighted by molar-refractivity contribution is -0.145. The highest BCUT2D eigenvalue weighted by atomic mass is 32.1. The van der Waals surface area contributed by atoms with Crippen molar-refractivity contribution in [1.29, 1.82) is 0 Å². The van der Waals surface area contributed by atoms with E-state index in [1.807, 2.05) is 17.5 Å². The van der Waals surface area contributed by atoms with Crippen molar-refractivity contribution in [3.05, 3.63) is 57.5 Å². The van der Waals surface area contributed by atoms with E-state index in [9.17, 15) is 9.18 Å². The molecule has 0 saturated carbocycles. The van der Waals surface area contributed by atoms with Crippen LogP contribution in [0.2, 0.25) is 0 Å². The molecule has 0 amide bonds. The summed E-state index contributed by atoms with van der Waals surface area (Å²) in [5.74, 6) is -0.711. The van der Waals surface area contributed by atoms with Crippen molar-refractivity contribution in [2.45, 2.75) is 26.4 Å². The van der Waals surface area contributed by atoms with Crippen molar-refractivity contribution in [2.75, 3.05) is 6.61 Å². The third-order valence-electron chi connectivity index (χ3n) is 3.11. The van der Waals surface area contributed by atoms with Gasteiger partial charge in [-0.25, -0.2) is 9.18 Å². The van der Waals surface area contributed by atoms with Gasteiger partial charge in [0.2, 0.25) is 0 Å². The highest BCUT2D eigenvalue weighted by molar-refractivity contribution is 7.09. The van der Waals surface area contributed by atoms with Crippen LogP contribution in [0.15, 0.2) is 35.7 Å². The summed E-state index contributed by atoms with van der Waals surface area (Å²) in [5.41, 5.74) is 1.13. The maximum absolute atomic E-state index is 13.7. The zero-order valence-electron chi connectivity index (χ0n) is 12.1. The Kier molecular flexibility index (Phi) is 5.47. The molecule has 112 valence electrons. The van der Waals surface area contributed by atoms with E-state index in [0.717, 1.165) is 4.88 Å². The van der Waals surface area contributed by atoms with Crippen LogP contribution >= 0.6 is 11.3 Å². The molecule has 2 rings (SSSR count). The lowest BCUT2D eigenvalue weighted by Crippen LogP contribution is -2.29. The molecule has 1 unspecified atom stereocenters. The van der Waals surface area contributed by atoms with Gasteiger partial charge < -0.3 is 4.74 Å². The fraction of sp³-hybridized carbons (Fsp3) is 0.312. The van der Waals surface area contributed by atoms with Crippen LogP contribution in [0.25, 0.3) is 0 Å². The normalized spacial score (nSPS) is 12.1. The van der Waals surface area contributed by atoms with Crippen molar-refractivity contribution in [3.63, 3.8) is 0 Å². The van der Waals surface area contributed by atoms with Crippen molar-refractivity contribution in [3.8, 4) is 0 Å². The van der Waals surface area contributed by atoms with Crippen molar-refractivity contribution in [2.24, 2.45) is 0 Å². The molecule has 0 aliphatic heterocycles. The second-order valence-corrected chi connectivity index (χ2v) is 5.69. The predicted molar refractivity (Wildman–Crippen MR) is 81.7 cm³/mol. The van der Waals surface area contributed by atoms with Gasteiger partial charge in [0.15, 0.2) is 0 Å². The van der Waals surface area contributed by atoms with E-state index in [0.29, 0.717) is 24.3 Å². The Balaban J connectivity index is 2.18. The molecule has 1 aromatic carbocycles. The lowest BCUT2D eigenvalue weighted by atomic mass is 10.0. The minimum absolute atomic E-state index is 0.296. The molecule has 0 saturated heterocycles. The number of carbonyl (C=O) groups is 1. The highest BCUT2D eigenvalue weighted by Crippen LogP contribution is 2.19. The maximum Gasteiger partial charge on any atom is 0.327 e. The summed E-state index contributed by atoms with van der Waals surface area (Å²) in [6.07, 6.45) is 0. The van der Waals surface area contributed by atoms with Gasteiger partial charge in [0, 0.05) is 11.4 Å². The molecule has 5 heteroatoms. The van der Waals surface area contributed by atoms with E-state index in [-0.39, 0.29) is 5.82 Å². The van der Waals surface area contributed by atoms with Crippen LogP contribution in [-0.4, -0.2) is 12.6 Å². The number of halogens is 1. The molecule has 1 heterocycles. The number of hydrogen-bond donors (Lipinski definition) is 1. The lowest BCUT2D eigenvalue weighted by Gasteiger charge is -2.17. The van der Waals surface area contributed by atoms with Gasteiger partial charge in [-0.1, -0.05) is 18.2 Å². The average Bonchev–Trinajstić information content (AvgIpc) is 2.96. The topological polar surface area (TPSA) is 38.3 Å². The summed E-state index contributed by atoms with van der Waals surface area (Å²) >= 11 is 1.60. The third kappa shape index (κ3) is 4.12. The van der Waals surface area contributed by atoms with Crippen LogP contribution in [0, 0.1) is 12.7 Å². The quantitative estimate of drug-likeness (QED) is 0.829. The molecule has 1 N–H and O–H groups in total. The first kappa shape index (κ1) is 15.7. The smallest absolute Gasteiger partial charge is 0.327 e. The Labute approximate surface area is 127 Å². The number of esters is 1.